The molecule has 11 aromatic rings. The van der Waals surface area contributed by atoms with E-state index in [1.165, 1.54) is 22.3 Å². The molecule has 2 heterocycles. The van der Waals surface area contributed by atoms with Gasteiger partial charge in [0.25, 0.3) is 0 Å². The molecule has 12 rings (SSSR count). The van der Waals surface area contributed by atoms with Crippen LogP contribution in [0.15, 0.2) is 186 Å². The second-order valence-corrected chi connectivity index (χ2v) is 16.2. The van der Waals surface area contributed by atoms with Crippen LogP contribution >= 0.6 is 0 Å². The maximum atomic E-state index is 6.59. The first-order chi connectivity index (χ1) is 29.5. The molecule has 0 radical (unpaired) electrons. The number of rotatable bonds is 5. The SMILES string of the molecule is CC1(C)c2ccccc2-c2ccc(-c3nc(-c4cccc(-c5ccccc5)c4)nc(-c4ccc5c(ccc6ccc7ccc8nc(-c9ccccc9)oc8c7c65)c4)n3)cc21. The van der Waals surface area contributed by atoms with Crippen molar-refractivity contribution in [3.05, 3.63) is 193 Å². The number of benzene rings is 9. The standard InChI is InChI=1S/C55H36N4O/c1-55(2)45-19-10-9-18-43(45)44-28-25-41(32-46(44)55)53-58-51(39-17-11-16-37(30-39)33-12-5-3-6-13-33)57-52(59-53)40-24-27-42-38(31-40)23-22-34-20-21-35-26-29-47-50(49(35)48(34)42)60-54(56-47)36-14-7-4-8-15-36/h3-32H,1-2H3. The van der Waals surface area contributed by atoms with Gasteiger partial charge in [-0.05, 0) is 91.3 Å². The van der Waals surface area contributed by atoms with Crippen molar-refractivity contribution in [1.29, 1.82) is 0 Å². The lowest BCUT2D eigenvalue weighted by Crippen LogP contribution is -2.15. The van der Waals surface area contributed by atoms with E-state index in [0.29, 0.717) is 23.4 Å². The molecule has 0 atom stereocenters. The molecular formula is C55H36N4O. The smallest absolute Gasteiger partial charge is 0.227 e. The minimum atomic E-state index is -0.156. The molecule has 0 saturated carbocycles. The maximum Gasteiger partial charge on any atom is 0.227 e. The van der Waals surface area contributed by atoms with Crippen molar-refractivity contribution < 1.29 is 4.42 Å². The monoisotopic (exact) mass is 768 g/mol. The van der Waals surface area contributed by atoms with Crippen LogP contribution in [0.2, 0.25) is 0 Å². The van der Waals surface area contributed by atoms with Gasteiger partial charge in [0, 0.05) is 38.4 Å². The van der Waals surface area contributed by atoms with E-state index >= 15 is 0 Å². The summed E-state index contributed by atoms with van der Waals surface area (Å²) in [6, 6.07) is 63.9. The van der Waals surface area contributed by atoms with E-state index in [2.05, 4.69) is 159 Å². The average Bonchev–Trinajstić information content (AvgIpc) is 3.85. The van der Waals surface area contributed by atoms with Crippen LogP contribution in [-0.4, -0.2) is 19.9 Å². The molecule has 60 heavy (non-hydrogen) atoms. The fraction of sp³-hybridized carbons (Fsp3) is 0.0545. The second kappa shape index (κ2) is 13.1. The summed E-state index contributed by atoms with van der Waals surface area (Å²) in [5.41, 5.74) is 12.6. The third-order valence-electron chi connectivity index (χ3n) is 12.3. The third-order valence-corrected chi connectivity index (χ3v) is 12.3. The highest BCUT2D eigenvalue weighted by molar-refractivity contribution is 6.26. The van der Waals surface area contributed by atoms with Crippen LogP contribution in [0.1, 0.15) is 25.0 Å². The number of hydrogen-bond donors (Lipinski definition) is 0. The lowest BCUT2D eigenvalue weighted by Gasteiger charge is -2.21. The number of fused-ring (bicyclic) bond motifs is 10. The minimum absolute atomic E-state index is 0.156. The van der Waals surface area contributed by atoms with Gasteiger partial charge in [-0.25, -0.2) is 19.9 Å². The molecule has 0 spiro atoms. The lowest BCUT2D eigenvalue weighted by atomic mass is 9.82. The summed E-state index contributed by atoms with van der Waals surface area (Å²) in [6.07, 6.45) is 0. The number of nitrogens with zero attached hydrogens (tertiary/aromatic N) is 4. The zero-order valence-corrected chi connectivity index (χ0v) is 33.0. The number of hydrogen-bond acceptors (Lipinski definition) is 5. The maximum absolute atomic E-state index is 6.59. The molecule has 0 unspecified atom stereocenters. The van der Waals surface area contributed by atoms with E-state index in [0.717, 1.165) is 76.8 Å². The molecule has 5 nitrogen and oxygen atoms in total. The Hall–Kier alpha value is -7.76. The number of aromatic nitrogens is 4. The molecule has 282 valence electrons. The van der Waals surface area contributed by atoms with E-state index < -0.39 is 0 Å². The molecule has 0 saturated heterocycles. The summed E-state index contributed by atoms with van der Waals surface area (Å²) in [7, 11) is 0. The van der Waals surface area contributed by atoms with Crippen molar-refractivity contribution in [2.45, 2.75) is 19.3 Å². The van der Waals surface area contributed by atoms with Gasteiger partial charge in [-0.2, -0.15) is 0 Å². The van der Waals surface area contributed by atoms with Gasteiger partial charge < -0.3 is 4.42 Å². The van der Waals surface area contributed by atoms with Gasteiger partial charge >= 0.3 is 0 Å². The molecule has 0 fully saturated rings. The Balaban J connectivity index is 1.04. The van der Waals surface area contributed by atoms with Crippen LogP contribution in [0, 0.1) is 0 Å². The van der Waals surface area contributed by atoms with Gasteiger partial charge in [0.2, 0.25) is 5.89 Å². The lowest BCUT2D eigenvalue weighted by molar-refractivity contribution is 0.623. The Morgan fingerprint density at radius 1 is 0.383 bits per heavy atom. The molecule has 0 bridgehead atoms. The Kier molecular flexibility index (Phi) is 7.51. The zero-order chi connectivity index (χ0) is 40.0. The highest BCUT2D eigenvalue weighted by atomic mass is 16.3. The van der Waals surface area contributed by atoms with Crippen LogP contribution in [0.25, 0.3) is 111 Å². The van der Waals surface area contributed by atoms with E-state index in [1.807, 2.05) is 36.4 Å². The van der Waals surface area contributed by atoms with Gasteiger partial charge in [0.15, 0.2) is 23.1 Å². The van der Waals surface area contributed by atoms with Crippen LogP contribution in [0.4, 0.5) is 0 Å². The summed E-state index contributed by atoms with van der Waals surface area (Å²) in [4.78, 5) is 20.6. The van der Waals surface area contributed by atoms with E-state index in [4.69, 9.17) is 24.4 Å². The largest absolute Gasteiger partial charge is 0.435 e. The van der Waals surface area contributed by atoms with Gasteiger partial charge in [0.1, 0.15) is 5.52 Å². The van der Waals surface area contributed by atoms with E-state index in [1.54, 1.807) is 0 Å². The highest BCUT2D eigenvalue weighted by Gasteiger charge is 2.35. The molecule has 1 aliphatic rings. The summed E-state index contributed by atoms with van der Waals surface area (Å²) in [6.45, 7) is 4.61. The average molecular weight is 769 g/mol. The highest BCUT2D eigenvalue weighted by Crippen LogP contribution is 2.49. The van der Waals surface area contributed by atoms with Gasteiger partial charge in [-0.3, -0.25) is 0 Å². The third kappa shape index (κ3) is 5.40. The molecule has 2 aromatic heterocycles. The van der Waals surface area contributed by atoms with Crippen LogP contribution < -0.4 is 0 Å². The predicted octanol–water partition coefficient (Wildman–Crippen LogP) is 14.1. The van der Waals surface area contributed by atoms with E-state index in [9.17, 15) is 0 Å². The van der Waals surface area contributed by atoms with Crippen LogP contribution in [-0.2, 0) is 5.41 Å². The van der Waals surface area contributed by atoms with Crippen molar-refractivity contribution >= 4 is 43.4 Å². The molecule has 0 N–H and O–H groups in total. The number of oxazole rings is 1. The van der Waals surface area contributed by atoms with Gasteiger partial charge in [0.05, 0.1) is 0 Å². The quantitative estimate of drug-likeness (QED) is 0.163. The first-order valence-corrected chi connectivity index (χ1v) is 20.4. The molecule has 9 aromatic carbocycles. The first kappa shape index (κ1) is 34.3. The molecule has 1 aliphatic carbocycles. The Morgan fingerprint density at radius 2 is 0.950 bits per heavy atom. The Bertz CT molecular complexity index is 3520. The van der Waals surface area contributed by atoms with Crippen LogP contribution in [0.5, 0.6) is 0 Å². The fourth-order valence-corrected chi connectivity index (χ4v) is 9.27. The summed E-state index contributed by atoms with van der Waals surface area (Å²) in [5, 5.41) is 6.64. The van der Waals surface area contributed by atoms with Crippen molar-refractivity contribution in [3.63, 3.8) is 0 Å². The summed E-state index contributed by atoms with van der Waals surface area (Å²) < 4.78 is 6.59. The normalized spacial score (nSPS) is 13.0. The van der Waals surface area contributed by atoms with E-state index in [-0.39, 0.29) is 5.41 Å². The molecule has 0 aliphatic heterocycles. The van der Waals surface area contributed by atoms with Crippen molar-refractivity contribution in [1.82, 2.24) is 19.9 Å². The van der Waals surface area contributed by atoms with Gasteiger partial charge in [-0.15, -0.1) is 0 Å². The molecule has 0 amide bonds. The first-order valence-electron chi connectivity index (χ1n) is 20.4. The second-order valence-electron chi connectivity index (χ2n) is 16.2. The minimum Gasteiger partial charge on any atom is -0.435 e. The Labute approximate surface area is 346 Å². The van der Waals surface area contributed by atoms with Gasteiger partial charge in [-0.1, -0.05) is 159 Å². The summed E-state index contributed by atoms with van der Waals surface area (Å²) >= 11 is 0. The van der Waals surface area contributed by atoms with Crippen LogP contribution in [0.3, 0.4) is 0 Å². The predicted molar refractivity (Wildman–Crippen MR) is 245 cm³/mol. The Morgan fingerprint density at radius 3 is 1.72 bits per heavy atom. The van der Waals surface area contributed by atoms with Crippen molar-refractivity contribution in [2.24, 2.45) is 0 Å². The summed E-state index contributed by atoms with van der Waals surface area (Å²) in [5.74, 6) is 2.50. The van der Waals surface area contributed by atoms with Crippen molar-refractivity contribution in [2.75, 3.05) is 0 Å². The molecular weight excluding hydrogens is 733 g/mol. The zero-order valence-electron chi connectivity index (χ0n) is 33.0. The fourth-order valence-electron chi connectivity index (χ4n) is 9.27. The topological polar surface area (TPSA) is 64.7 Å². The molecule has 5 heteroatoms. The van der Waals surface area contributed by atoms with Crippen molar-refractivity contribution in [3.8, 4) is 67.9 Å².